The van der Waals surface area contributed by atoms with Gasteiger partial charge < -0.3 is 10.1 Å². The molecule has 4 rings (SSSR count). The lowest BCUT2D eigenvalue weighted by atomic mass is 9.96. The zero-order valence-corrected chi connectivity index (χ0v) is 13.3. The van der Waals surface area contributed by atoms with Crippen molar-refractivity contribution < 1.29 is 4.74 Å². The first-order valence-electron chi connectivity index (χ1n) is 7.63. The second kappa shape index (κ2) is 6.00. The lowest BCUT2D eigenvalue weighted by Crippen LogP contribution is -2.25. The van der Waals surface area contributed by atoms with Gasteiger partial charge in [-0.3, -0.25) is 4.79 Å². The van der Waals surface area contributed by atoms with Crippen LogP contribution in [0.15, 0.2) is 41.3 Å². The average Bonchev–Trinajstić information content (AvgIpc) is 2.94. The van der Waals surface area contributed by atoms with E-state index in [-0.39, 0.29) is 5.56 Å². The first kappa shape index (κ1) is 14.2. The van der Waals surface area contributed by atoms with Crippen LogP contribution in [0.25, 0.3) is 4.96 Å². The summed E-state index contributed by atoms with van der Waals surface area (Å²) in [7, 11) is 0. The highest BCUT2D eigenvalue weighted by Crippen LogP contribution is 2.28. The second-order valence-electron chi connectivity index (χ2n) is 5.52. The van der Waals surface area contributed by atoms with Gasteiger partial charge in [-0.25, -0.2) is 4.98 Å². The number of nitrogens with one attached hydrogen (secondary N) is 1. The van der Waals surface area contributed by atoms with E-state index in [9.17, 15) is 4.79 Å². The largest absolute Gasteiger partial charge is 0.490 e. The number of hydrogen-bond acceptors (Lipinski definition) is 6. The van der Waals surface area contributed by atoms with E-state index in [4.69, 9.17) is 4.74 Å². The van der Waals surface area contributed by atoms with E-state index in [1.165, 1.54) is 34.5 Å². The number of ether oxygens (including phenoxy) is 1. The third kappa shape index (κ3) is 2.92. The van der Waals surface area contributed by atoms with E-state index < -0.39 is 0 Å². The molecule has 1 fully saturated rings. The van der Waals surface area contributed by atoms with Crippen molar-refractivity contribution in [1.29, 1.82) is 0 Å². The minimum absolute atomic E-state index is 0.173. The van der Waals surface area contributed by atoms with E-state index in [0.29, 0.717) is 22.7 Å². The standard InChI is InChI=1S/C16H16N4O2S/c21-14-8-9-17-16-20(14)19-15(23-16)18-10-11-4-1-2-7-13(11)22-12-5-3-6-12/h1-2,4,7-9,12H,3,5-6,10H2,(H,18,19). The summed E-state index contributed by atoms with van der Waals surface area (Å²) < 4.78 is 7.33. The van der Waals surface area contributed by atoms with Crippen LogP contribution in [0.3, 0.4) is 0 Å². The van der Waals surface area contributed by atoms with Crippen molar-refractivity contribution in [2.45, 2.75) is 31.9 Å². The molecule has 1 aliphatic rings. The van der Waals surface area contributed by atoms with Crippen molar-refractivity contribution in [2.75, 3.05) is 5.32 Å². The molecule has 0 aliphatic heterocycles. The van der Waals surface area contributed by atoms with E-state index in [0.717, 1.165) is 24.2 Å². The van der Waals surface area contributed by atoms with Crippen LogP contribution < -0.4 is 15.6 Å². The number of aromatic nitrogens is 3. The Bertz CT molecular complexity index is 885. The van der Waals surface area contributed by atoms with E-state index >= 15 is 0 Å². The number of rotatable bonds is 5. The Kier molecular flexibility index (Phi) is 3.70. The average molecular weight is 328 g/mol. The maximum Gasteiger partial charge on any atom is 0.275 e. The summed E-state index contributed by atoms with van der Waals surface area (Å²) in [5.41, 5.74) is 0.909. The third-order valence-electron chi connectivity index (χ3n) is 3.92. The Morgan fingerprint density at radius 2 is 2.17 bits per heavy atom. The molecular weight excluding hydrogens is 312 g/mol. The molecule has 0 amide bonds. The van der Waals surface area contributed by atoms with Gasteiger partial charge in [0.1, 0.15) is 5.75 Å². The SMILES string of the molecule is O=c1ccnc2sc(NCc3ccccc3OC3CCC3)nn12. The molecule has 23 heavy (non-hydrogen) atoms. The van der Waals surface area contributed by atoms with Crippen LogP contribution in [0.2, 0.25) is 0 Å². The molecule has 1 saturated carbocycles. The minimum atomic E-state index is -0.173. The summed E-state index contributed by atoms with van der Waals surface area (Å²) in [5, 5.41) is 8.17. The lowest BCUT2D eigenvalue weighted by Gasteiger charge is -2.27. The molecule has 1 aromatic carbocycles. The Morgan fingerprint density at radius 3 is 2.96 bits per heavy atom. The Hall–Kier alpha value is -2.41. The molecule has 0 unspecified atom stereocenters. The van der Waals surface area contributed by atoms with Crippen molar-refractivity contribution in [3.05, 3.63) is 52.4 Å². The fraction of sp³-hybridized carbons (Fsp3) is 0.312. The maximum absolute atomic E-state index is 11.7. The fourth-order valence-corrected chi connectivity index (χ4v) is 3.19. The van der Waals surface area contributed by atoms with Crippen molar-refractivity contribution in [2.24, 2.45) is 0 Å². The third-order valence-corrected chi connectivity index (χ3v) is 4.80. The van der Waals surface area contributed by atoms with Crippen LogP contribution in [0.4, 0.5) is 5.13 Å². The smallest absolute Gasteiger partial charge is 0.275 e. The van der Waals surface area contributed by atoms with Gasteiger partial charge in [0.2, 0.25) is 10.1 Å². The summed E-state index contributed by atoms with van der Waals surface area (Å²) in [6, 6.07) is 9.42. The Morgan fingerprint density at radius 1 is 1.30 bits per heavy atom. The topological polar surface area (TPSA) is 68.5 Å². The first-order chi connectivity index (χ1) is 11.3. The van der Waals surface area contributed by atoms with E-state index in [1.807, 2.05) is 24.3 Å². The summed E-state index contributed by atoms with van der Waals surface area (Å²) in [4.78, 5) is 16.4. The van der Waals surface area contributed by atoms with E-state index in [2.05, 4.69) is 15.4 Å². The monoisotopic (exact) mass is 328 g/mol. The molecule has 6 nitrogen and oxygen atoms in total. The molecule has 0 spiro atoms. The molecule has 2 aromatic heterocycles. The highest BCUT2D eigenvalue weighted by atomic mass is 32.1. The van der Waals surface area contributed by atoms with Crippen molar-refractivity contribution in [3.8, 4) is 5.75 Å². The number of hydrogen-bond donors (Lipinski definition) is 1. The van der Waals surface area contributed by atoms with Crippen molar-refractivity contribution in [3.63, 3.8) is 0 Å². The van der Waals surface area contributed by atoms with Crippen LogP contribution in [0.1, 0.15) is 24.8 Å². The normalized spacial score (nSPS) is 14.6. The van der Waals surface area contributed by atoms with Gasteiger partial charge in [-0.1, -0.05) is 29.5 Å². The molecule has 0 radical (unpaired) electrons. The number of nitrogens with zero attached hydrogens (tertiary/aromatic N) is 3. The van der Waals surface area contributed by atoms with Gasteiger partial charge in [0.05, 0.1) is 6.10 Å². The van der Waals surface area contributed by atoms with Gasteiger partial charge in [0.25, 0.3) is 5.56 Å². The predicted octanol–water partition coefficient (Wildman–Crippen LogP) is 2.69. The Balaban J connectivity index is 1.51. The quantitative estimate of drug-likeness (QED) is 0.780. The predicted molar refractivity (Wildman–Crippen MR) is 89.2 cm³/mol. The van der Waals surface area contributed by atoms with Crippen LogP contribution >= 0.6 is 11.3 Å². The van der Waals surface area contributed by atoms with Gasteiger partial charge >= 0.3 is 0 Å². The number of anilines is 1. The highest BCUT2D eigenvalue weighted by Gasteiger charge is 2.20. The molecule has 0 bridgehead atoms. The van der Waals surface area contributed by atoms with Gasteiger partial charge in [-0.2, -0.15) is 4.52 Å². The molecule has 0 saturated heterocycles. The fourth-order valence-electron chi connectivity index (χ4n) is 2.42. The van der Waals surface area contributed by atoms with E-state index in [1.54, 1.807) is 0 Å². The zero-order valence-electron chi connectivity index (χ0n) is 12.4. The van der Waals surface area contributed by atoms with Gasteiger partial charge in [0, 0.05) is 24.4 Å². The zero-order chi connectivity index (χ0) is 15.6. The number of para-hydroxylation sites is 1. The molecule has 118 valence electrons. The maximum atomic E-state index is 11.7. The summed E-state index contributed by atoms with van der Waals surface area (Å²) in [6.07, 6.45) is 5.36. The molecule has 2 heterocycles. The van der Waals surface area contributed by atoms with Crippen LogP contribution in [-0.2, 0) is 6.54 Å². The van der Waals surface area contributed by atoms with Gasteiger partial charge in [0.15, 0.2) is 0 Å². The summed E-state index contributed by atoms with van der Waals surface area (Å²) in [6.45, 7) is 0.595. The first-order valence-corrected chi connectivity index (χ1v) is 8.44. The van der Waals surface area contributed by atoms with Crippen LogP contribution in [0, 0.1) is 0 Å². The minimum Gasteiger partial charge on any atom is -0.490 e. The van der Waals surface area contributed by atoms with Crippen LogP contribution in [0.5, 0.6) is 5.75 Å². The van der Waals surface area contributed by atoms with Crippen molar-refractivity contribution >= 4 is 21.4 Å². The molecule has 3 aromatic rings. The molecule has 7 heteroatoms. The number of benzene rings is 1. The molecule has 1 N–H and O–H groups in total. The molecular formula is C16H16N4O2S. The summed E-state index contributed by atoms with van der Waals surface area (Å²) in [5.74, 6) is 0.918. The second-order valence-corrected chi connectivity index (χ2v) is 6.47. The highest BCUT2D eigenvalue weighted by molar-refractivity contribution is 7.20. The summed E-state index contributed by atoms with van der Waals surface area (Å²) >= 11 is 1.35. The number of fused-ring (bicyclic) bond motifs is 1. The lowest BCUT2D eigenvalue weighted by molar-refractivity contribution is 0.119. The van der Waals surface area contributed by atoms with Gasteiger partial charge in [-0.15, -0.1) is 5.10 Å². The molecule has 0 atom stereocenters. The van der Waals surface area contributed by atoms with Gasteiger partial charge in [-0.05, 0) is 25.3 Å². The van der Waals surface area contributed by atoms with Crippen LogP contribution in [-0.4, -0.2) is 20.7 Å². The molecule has 1 aliphatic carbocycles. The van der Waals surface area contributed by atoms with Crippen molar-refractivity contribution in [1.82, 2.24) is 14.6 Å². The Labute approximate surface area is 136 Å².